The number of nitrogens with zero attached hydrogens (tertiary/aromatic N) is 4. The van der Waals surface area contributed by atoms with E-state index in [9.17, 15) is 10.1 Å². The van der Waals surface area contributed by atoms with Crippen molar-refractivity contribution in [3.05, 3.63) is 65.5 Å². The summed E-state index contributed by atoms with van der Waals surface area (Å²) in [6.07, 6.45) is 2.99. The Morgan fingerprint density at radius 2 is 2.12 bits per heavy atom. The fourth-order valence-electron chi connectivity index (χ4n) is 2.40. The number of nitriles is 1. The van der Waals surface area contributed by atoms with Crippen molar-refractivity contribution in [1.82, 2.24) is 14.8 Å². The van der Waals surface area contributed by atoms with Gasteiger partial charge in [-0.05, 0) is 43.2 Å². The van der Waals surface area contributed by atoms with E-state index < -0.39 is 0 Å². The van der Waals surface area contributed by atoms with E-state index in [1.807, 2.05) is 38.1 Å². The minimum absolute atomic E-state index is 0.178. The molecule has 0 radical (unpaired) electrons. The molecule has 0 aliphatic carbocycles. The van der Waals surface area contributed by atoms with Crippen LogP contribution in [-0.2, 0) is 4.79 Å². The third-order valence-electron chi connectivity index (χ3n) is 3.93. The molecule has 0 spiro atoms. The van der Waals surface area contributed by atoms with Crippen molar-refractivity contribution < 1.29 is 9.53 Å². The summed E-state index contributed by atoms with van der Waals surface area (Å²) >= 11 is 0. The highest BCUT2D eigenvalue weighted by Gasteiger charge is 2.16. The van der Waals surface area contributed by atoms with Crippen LogP contribution in [0.4, 0.5) is 5.82 Å². The summed E-state index contributed by atoms with van der Waals surface area (Å²) in [6.45, 7) is 3.74. The van der Waals surface area contributed by atoms with Gasteiger partial charge in [0, 0.05) is 6.20 Å². The van der Waals surface area contributed by atoms with Crippen molar-refractivity contribution in [1.29, 1.82) is 5.26 Å². The van der Waals surface area contributed by atoms with E-state index in [2.05, 4.69) is 15.4 Å². The Labute approximate surface area is 150 Å². The molecule has 130 valence electrons. The number of hydrogen-bond donors (Lipinski definition) is 1. The van der Waals surface area contributed by atoms with Gasteiger partial charge in [0.05, 0.1) is 6.20 Å². The minimum Gasteiger partial charge on any atom is -0.483 e. The Morgan fingerprint density at radius 3 is 2.85 bits per heavy atom. The molecular formula is C19H17N5O2. The van der Waals surface area contributed by atoms with Crippen LogP contribution >= 0.6 is 0 Å². The Kier molecular flexibility index (Phi) is 4.94. The highest BCUT2D eigenvalue weighted by Crippen LogP contribution is 2.21. The average molecular weight is 347 g/mol. The first-order valence-corrected chi connectivity index (χ1v) is 7.98. The van der Waals surface area contributed by atoms with Crippen LogP contribution in [0.5, 0.6) is 5.75 Å². The summed E-state index contributed by atoms with van der Waals surface area (Å²) in [5.41, 5.74) is 2.31. The molecule has 3 rings (SSSR count). The van der Waals surface area contributed by atoms with Crippen molar-refractivity contribution in [2.45, 2.75) is 13.8 Å². The maximum atomic E-state index is 12.3. The molecule has 0 aliphatic heterocycles. The Balaban J connectivity index is 1.76. The number of benzene rings is 1. The van der Waals surface area contributed by atoms with Gasteiger partial charge in [-0.2, -0.15) is 15.0 Å². The number of anilines is 1. The molecule has 1 aromatic carbocycles. The molecule has 0 fully saturated rings. The monoisotopic (exact) mass is 347 g/mol. The first-order chi connectivity index (χ1) is 12.6. The molecule has 7 heteroatoms. The number of aryl methyl sites for hydroxylation is 1. The van der Waals surface area contributed by atoms with Gasteiger partial charge in [0.1, 0.15) is 17.4 Å². The van der Waals surface area contributed by atoms with Gasteiger partial charge in [-0.15, -0.1) is 0 Å². The number of hydrogen-bond acceptors (Lipinski definition) is 5. The predicted octanol–water partition coefficient (Wildman–Crippen LogP) is 2.77. The fraction of sp³-hybridized carbons (Fsp3) is 0.158. The highest BCUT2D eigenvalue weighted by molar-refractivity contribution is 5.92. The van der Waals surface area contributed by atoms with Crippen molar-refractivity contribution in [2.24, 2.45) is 0 Å². The topological polar surface area (TPSA) is 92.8 Å². The number of carbonyl (C=O) groups excluding carboxylic acids is 1. The molecule has 0 saturated heterocycles. The lowest BCUT2D eigenvalue weighted by atomic mass is 10.1. The lowest BCUT2D eigenvalue weighted by Gasteiger charge is -2.12. The molecule has 0 unspecified atom stereocenters. The van der Waals surface area contributed by atoms with Crippen LogP contribution in [0.3, 0.4) is 0 Å². The largest absolute Gasteiger partial charge is 0.483 e. The molecule has 0 atom stereocenters. The van der Waals surface area contributed by atoms with Crippen LogP contribution in [0.2, 0.25) is 0 Å². The molecule has 0 aliphatic rings. The number of nitrogens with one attached hydrogen (secondary N) is 1. The van der Waals surface area contributed by atoms with Crippen LogP contribution in [0.25, 0.3) is 5.82 Å². The molecular weight excluding hydrogens is 330 g/mol. The summed E-state index contributed by atoms with van der Waals surface area (Å²) in [5.74, 6) is 1.03. The molecule has 2 heterocycles. The number of carbonyl (C=O) groups is 1. The maximum Gasteiger partial charge on any atom is 0.263 e. The Morgan fingerprint density at radius 1 is 1.27 bits per heavy atom. The molecule has 0 bridgehead atoms. The Bertz CT molecular complexity index is 973. The molecule has 7 nitrogen and oxygen atoms in total. The lowest BCUT2D eigenvalue weighted by Crippen LogP contribution is -2.22. The van der Waals surface area contributed by atoms with E-state index in [0.29, 0.717) is 11.6 Å². The summed E-state index contributed by atoms with van der Waals surface area (Å²) < 4.78 is 7.02. The zero-order chi connectivity index (χ0) is 18.5. The summed E-state index contributed by atoms with van der Waals surface area (Å²) in [5, 5.41) is 16.1. The third-order valence-corrected chi connectivity index (χ3v) is 3.93. The number of amides is 1. The zero-order valence-corrected chi connectivity index (χ0v) is 14.4. The van der Waals surface area contributed by atoms with E-state index in [-0.39, 0.29) is 23.9 Å². The molecule has 26 heavy (non-hydrogen) atoms. The second-order valence-electron chi connectivity index (χ2n) is 5.65. The fourth-order valence-corrected chi connectivity index (χ4v) is 2.40. The maximum absolute atomic E-state index is 12.3. The van der Waals surface area contributed by atoms with Gasteiger partial charge in [0.15, 0.2) is 18.2 Å². The number of rotatable bonds is 5. The van der Waals surface area contributed by atoms with Gasteiger partial charge in [0.25, 0.3) is 5.91 Å². The summed E-state index contributed by atoms with van der Waals surface area (Å²) in [7, 11) is 0. The molecule has 3 aromatic rings. The Hall–Kier alpha value is -3.66. The van der Waals surface area contributed by atoms with Crippen LogP contribution < -0.4 is 10.1 Å². The van der Waals surface area contributed by atoms with Crippen molar-refractivity contribution >= 4 is 11.7 Å². The smallest absolute Gasteiger partial charge is 0.263 e. The number of pyridine rings is 1. The van der Waals surface area contributed by atoms with E-state index in [4.69, 9.17) is 4.74 Å². The second kappa shape index (κ2) is 7.49. The zero-order valence-electron chi connectivity index (χ0n) is 14.4. The van der Waals surface area contributed by atoms with Crippen molar-refractivity contribution in [2.75, 3.05) is 11.9 Å². The van der Waals surface area contributed by atoms with E-state index in [1.54, 1.807) is 24.4 Å². The highest BCUT2D eigenvalue weighted by atomic mass is 16.5. The molecule has 2 aromatic heterocycles. The second-order valence-corrected chi connectivity index (χ2v) is 5.65. The first-order valence-electron chi connectivity index (χ1n) is 7.98. The normalized spacial score (nSPS) is 10.2. The molecule has 1 N–H and O–H groups in total. The van der Waals surface area contributed by atoms with E-state index in [0.717, 1.165) is 11.1 Å². The number of ether oxygens (including phenoxy) is 1. The quantitative estimate of drug-likeness (QED) is 0.766. The van der Waals surface area contributed by atoms with Gasteiger partial charge in [0.2, 0.25) is 0 Å². The third kappa shape index (κ3) is 3.54. The standard InChI is InChI=1S/C19H17N5O2/c1-13-6-5-7-16(14(13)2)26-12-18(25)23-19-15(10-20)11-22-24(19)17-8-3-4-9-21-17/h3-9,11H,12H2,1-2H3,(H,23,25). The first kappa shape index (κ1) is 17.2. The van der Waals surface area contributed by atoms with Crippen LogP contribution in [0.1, 0.15) is 16.7 Å². The van der Waals surface area contributed by atoms with Gasteiger partial charge in [-0.3, -0.25) is 4.79 Å². The SMILES string of the molecule is Cc1cccc(OCC(=O)Nc2c(C#N)cnn2-c2ccccn2)c1C. The van der Waals surface area contributed by atoms with Gasteiger partial charge < -0.3 is 10.1 Å². The van der Waals surface area contributed by atoms with Crippen LogP contribution in [0.15, 0.2) is 48.8 Å². The average Bonchev–Trinajstić information content (AvgIpc) is 3.06. The van der Waals surface area contributed by atoms with Gasteiger partial charge >= 0.3 is 0 Å². The van der Waals surface area contributed by atoms with Crippen LogP contribution in [0, 0.1) is 25.2 Å². The van der Waals surface area contributed by atoms with Gasteiger partial charge in [-0.1, -0.05) is 18.2 Å². The van der Waals surface area contributed by atoms with Crippen molar-refractivity contribution in [3.8, 4) is 17.6 Å². The number of aromatic nitrogens is 3. The lowest BCUT2D eigenvalue weighted by molar-refractivity contribution is -0.118. The van der Waals surface area contributed by atoms with Crippen molar-refractivity contribution in [3.63, 3.8) is 0 Å². The molecule has 1 amide bonds. The van der Waals surface area contributed by atoms with E-state index >= 15 is 0 Å². The minimum atomic E-state index is -0.389. The van der Waals surface area contributed by atoms with Gasteiger partial charge in [-0.25, -0.2) is 4.98 Å². The molecule has 0 saturated carbocycles. The summed E-state index contributed by atoms with van der Waals surface area (Å²) in [6, 6.07) is 13.0. The predicted molar refractivity (Wildman–Crippen MR) is 96.1 cm³/mol. The summed E-state index contributed by atoms with van der Waals surface area (Å²) in [4.78, 5) is 16.5. The van der Waals surface area contributed by atoms with Crippen LogP contribution in [-0.4, -0.2) is 27.3 Å². The van der Waals surface area contributed by atoms with E-state index in [1.165, 1.54) is 10.9 Å².